The van der Waals surface area contributed by atoms with Gasteiger partial charge in [-0.05, 0) is 37.7 Å². The zero-order valence-electron chi connectivity index (χ0n) is 15.6. The summed E-state index contributed by atoms with van der Waals surface area (Å²) in [4.78, 5) is 22.8. The van der Waals surface area contributed by atoms with Crippen molar-refractivity contribution < 1.29 is 4.79 Å². The molecular weight excluding hydrogens is 360 g/mol. The van der Waals surface area contributed by atoms with E-state index in [0.29, 0.717) is 28.7 Å². The molecule has 8 heteroatoms. The number of aromatic nitrogens is 2. The van der Waals surface area contributed by atoms with Crippen LogP contribution < -0.4 is 16.0 Å². The van der Waals surface area contributed by atoms with Crippen molar-refractivity contribution in [2.45, 2.75) is 52.5 Å². The van der Waals surface area contributed by atoms with E-state index >= 15 is 0 Å². The number of carbonyl (C=O) groups excluding carboxylic acids is 1. The van der Waals surface area contributed by atoms with Crippen molar-refractivity contribution >= 4 is 39.6 Å². The van der Waals surface area contributed by atoms with Crippen molar-refractivity contribution in [1.29, 1.82) is 5.26 Å². The minimum absolute atomic E-state index is 0.0819. The summed E-state index contributed by atoms with van der Waals surface area (Å²) in [6.45, 7) is 5.93. The molecular formula is C19H22N6OS. The highest BCUT2D eigenvalue weighted by molar-refractivity contribution is 7.16. The van der Waals surface area contributed by atoms with Crippen molar-refractivity contribution in [2.75, 3.05) is 16.0 Å². The van der Waals surface area contributed by atoms with Crippen LogP contribution in [0.15, 0.2) is 0 Å². The quantitative estimate of drug-likeness (QED) is 0.744. The Morgan fingerprint density at radius 2 is 2.22 bits per heavy atom. The second kappa shape index (κ2) is 6.82. The van der Waals surface area contributed by atoms with E-state index in [1.54, 1.807) is 11.3 Å². The topological polar surface area (TPSA) is 103 Å². The molecule has 0 bridgehead atoms. The van der Waals surface area contributed by atoms with Gasteiger partial charge in [0.1, 0.15) is 28.6 Å². The van der Waals surface area contributed by atoms with E-state index in [1.165, 1.54) is 4.88 Å². The van der Waals surface area contributed by atoms with E-state index in [2.05, 4.69) is 38.9 Å². The number of thiophene rings is 1. The highest BCUT2D eigenvalue weighted by Gasteiger charge is 2.32. The maximum absolute atomic E-state index is 12.6. The predicted octanol–water partition coefficient (Wildman–Crippen LogP) is 3.73. The SMILES string of the molecule is CCC(C)C1Nc2nc(C)nc(Nc3sc4c(c3C#N)CCC4)c2NC1=O. The van der Waals surface area contributed by atoms with E-state index < -0.39 is 0 Å². The van der Waals surface area contributed by atoms with Crippen molar-refractivity contribution in [3.63, 3.8) is 0 Å². The molecule has 1 aliphatic carbocycles. The van der Waals surface area contributed by atoms with Crippen molar-refractivity contribution in [3.8, 4) is 6.07 Å². The molecule has 0 aromatic carbocycles. The molecule has 140 valence electrons. The highest BCUT2D eigenvalue weighted by Crippen LogP contribution is 2.42. The third-order valence-electron chi connectivity index (χ3n) is 5.32. The number of fused-ring (bicyclic) bond motifs is 2. The molecule has 4 rings (SSSR count). The van der Waals surface area contributed by atoms with Crippen LogP contribution >= 0.6 is 11.3 Å². The van der Waals surface area contributed by atoms with Crippen LogP contribution in [0.2, 0.25) is 0 Å². The van der Waals surface area contributed by atoms with E-state index in [9.17, 15) is 10.1 Å². The number of nitrogens with one attached hydrogen (secondary N) is 3. The monoisotopic (exact) mass is 382 g/mol. The van der Waals surface area contributed by atoms with Gasteiger partial charge in [-0.1, -0.05) is 20.3 Å². The summed E-state index contributed by atoms with van der Waals surface area (Å²) in [5, 5.41) is 19.9. The Labute approximate surface area is 162 Å². The minimum atomic E-state index is -0.315. The number of hydrogen-bond acceptors (Lipinski definition) is 7. The van der Waals surface area contributed by atoms with Crippen LogP contribution in [0.25, 0.3) is 0 Å². The summed E-state index contributed by atoms with van der Waals surface area (Å²) in [6, 6.07) is 2.02. The molecule has 3 heterocycles. The number of aryl methyl sites for hydroxylation is 2. The fourth-order valence-electron chi connectivity index (χ4n) is 3.65. The second-order valence-corrected chi connectivity index (χ2v) is 8.24. The lowest BCUT2D eigenvalue weighted by molar-refractivity contribution is -0.118. The third-order valence-corrected chi connectivity index (χ3v) is 6.53. The van der Waals surface area contributed by atoms with Gasteiger partial charge in [0.2, 0.25) is 5.91 Å². The first kappa shape index (κ1) is 17.7. The molecule has 2 unspecified atom stereocenters. The van der Waals surface area contributed by atoms with E-state index in [1.807, 2.05) is 13.8 Å². The maximum Gasteiger partial charge on any atom is 0.247 e. The lowest BCUT2D eigenvalue weighted by Gasteiger charge is -2.30. The minimum Gasteiger partial charge on any atom is -0.356 e. The fraction of sp³-hybridized carbons (Fsp3) is 0.474. The Balaban J connectivity index is 1.71. The molecule has 2 aromatic heterocycles. The zero-order valence-corrected chi connectivity index (χ0v) is 16.5. The molecule has 7 nitrogen and oxygen atoms in total. The summed E-state index contributed by atoms with van der Waals surface area (Å²) in [5.41, 5.74) is 2.40. The van der Waals surface area contributed by atoms with Gasteiger partial charge < -0.3 is 16.0 Å². The van der Waals surface area contributed by atoms with Gasteiger partial charge in [0.05, 0.1) is 5.56 Å². The molecule has 0 saturated heterocycles. The van der Waals surface area contributed by atoms with Crippen molar-refractivity contribution in [1.82, 2.24) is 9.97 Å². The molecule has 0 fully saturated rings. The first-order valence-electron chi connectivity index (χ1n) is 9.29. The van der Waals surface area contributed by atoms with Crippen LogP contribution in [0.3, 0.4) is 0 Å². The van der Waals surface area contributed by atoms with Crippen LogP contribution in [0.1, 0.15) is 48.5 Å². The van der Waals surface area contributed by atoms with E-state index in [0.717, 1.165) is 36.2 Å². The number of carbonyl (C=O) groups is 1. The molecule has 2 aliphatic rings. The van der Waals surface area contributed by atoms with Gasteiger partial charge in [-0.3, -0.25) is 4.79 Å². The molecule has 2 aromatic rings. The van der Waals surface area contributed by atoms with Gasteiger partial charge in [0, 0.05) is 4.88 Å². The Kier molecular flexibility index (Phi) is 4.48. The van der Waals surface area contributed by atoms with Crippen LogP contribution in [-0.2, 0) is 17.6 Å². The first-order chi connectivity index (χ1) is 13.0. The summed E-state index contributed by atoms with van der Waals surface area (Å²) < 4.78 is 0. The molecule has 27 heavy (non-hydrogen) atoms. The molecule has 3 N–H and O–H groups in total. The number of nitrogens with zero attached hydrogens (tertiary/aromatic N) is 3. The van der Waals surface area contributed by atoms with Crippen molar-refractivity contribution in [3.05, 3.63) is 21.8 Å². The average molecular weight is 382 g/mol. The van der Waals surface area contributed by atoms with E-state index in [4.69, 9.17) is 0 Å². The van der Waals surface area contributed by atoms with Crippen LogP contribution in [0.5, 0.6) is 0 Å². The first-order valence-corrected chi connectivity index (χ1v) is 10.1. The van der Waals surface area contributed by atoms with Gasteiger partial charge in [-0.15, -0.1) is 11.3 Å². The maximum atomic E-state index is 12.6. The Morgan fingerprint density at radius 3 is 2.96 bits per heavy atom. The largest absolute Gasteiger partial charge is 0.356 e. The summed E-state index contributed by atoms with van der Waals surface area (Å²) >= 11 is 1.61. The van der Waals surface area contributed by atoms with Crippen molar-refractivity contribution in [2.24, 2.45) is 5.92 Å². The Bertz CT molecular complexity index is 960. The van der Waals surface area contributed by atoms with Gasteiger partial charge in [0.25, 0.3) is 0 Å². The molecule has 1 amide bonds. The molecule has 1 aliphatic heterocycles. The number of hydrogen-bond donors (Lipinski definition) is 3. The fourth-order valence-corrected chi connectivity index (χ4v) is 4.89. The van der Waals surface area contributed by atoms with Crippen LogP contribution in [0.4, 0.5) is 22.3 Å². The number of nitriles is 1. The standard InChI is InChI=1S/C19H22N6OS/c1-4-9(2)14-18(26)24-15-16(23-14)21-10(3)22-17(15)25-19-12(8-20)11-6-5-7-13(11)27-19/h9,14H,4-7H2,1-3H3,(H,24,26)(H2,21,22,23,25). The van der Waals surface area contributed by atoms with Gasteiger partial charge in [0.15, 0.2) is 11.6 Å². The molecule has 0 radical (unpaired) electrons. The summed E-state index contributed by atoms with van der Waals surface area (Å²) in [5.74, 6) is 1.86. The molecule has 2 atom stereocenters. The molecule has 0 spiro atoms. The average Bonchev–Trinajstić information content (AvgIpc) is 3.21. The third kappa shape index (κ3) is 3.02. The summed E-state index contributed by atoms with van der Waals surface area (Å²) in [6.07, 6.45) is 3.97. The zero-order chi connectivity index (χ0) is 19.1. The number of rotatable bonds is 4. The Morgan fingerprint density at radius 1 is 1.41 bits per heavy atom. The van der Waals surface area contributed by atoms with Gasteiger partial charge in [-0.2, -0.15) is 5.26 Å². The van der Waals surface area contributed by atoms with Crippen LogP contribution in [0, 0.1) is 24.2 Å². The smallest absolute Gasteiger partial charge is 0.247 e. The predicted molar refractivity (Wildman–Crippen MR) is 107 cm³/mol. The second-order valence-electron chi connectivity index (χ2n) is 7.14. The molecule has 0 saturated carbocycles. The Hall–Kier alpha value is -2.66. The number of amides is 1. The normalized spacial score (nSPS) is 18.7. The number of anilines is 4. The van der Waals surface area contributed by atoms with Crippen LogP contribution in [-0.4, -0.2) is 21.9 Å². The lowest BCUT2D eigenvalue weighted by Crippen LogP contribution is -2.43. The summed E-state index contributed by atoms with van der Waals surface area (Å²) in [7, 11) is 0. The van der Waals surface area contributed by atoms with Gasteiger partial charge >= 0.3 is 0 Å². The highest BCUT2D eigenvalue weighted by atomic mass is 32.1. The van der Waals surface area contributed by atoms with E-state index in [-0.39, 0.29) is 17.9 Å². The van der Waals surface area contributed by atoms with Gasteiger partial charge in [-0.25, -0.2) is 9.97 Å². The lowest BCUT2D eigenvalue weighted by atomic mass is 9.97.